The number of aryl methyl sites for hydroxylation is 2. The number of ether oxygens (including phenoxy) is 1. The highest BCUT2D eigenvalue weighted by Crippen LogP contribution is 2.26. The third-order valence-corrected chi connectivity index (χ3v) is 3.58. The molecule has 0 aliphatic heterocycles. The quantitative estimate of drug-likeness (QED) is 0.868. The van der Waals surface area contributed by atoms with Crippen molar-refractivity contribution in [1.29, 1.82) is 0 Å². The Hall–Kier alpha value is -1.02. The fraction of sp³-hybridized carbons (Fsp3) is 0.600. The minimum absolute atomic E-state index is 0.122. The molecule has 17 heavy (non-hydrogen) atoms. The van der Waals surface area contributed by atoms with Crippen LogP contribution in [0.2, 0.25) is 0 Å². The molecule has 0 radical (unpaired) electrons. The fourth-order valence-corrected chi connectivity index (χ4v) is 2.41. The predicted octanol–water partition coefficient (Wildman–Crippen LogP) is 2.93. The molecule has 2 heteroatoms. The van der Waals surface area contributed by atoms with E-state index in [1.165, 1.54) is 36.8 Å². The average Bonchev–Trinajstić information content (AvgIpc) is 2.35. The lowest BCUT2D eigenvalue weighted by Gasteiger charge is -2.23. The molecule has 1 aromatic rings. The summed E-state index contributed by atoms with van der Waals surface area (Å²) < 4.78 is 5.97. The van der Waals surface area contributed by atoms with Crippen LogP contribution in [0, 0.1) is 5.92 Å². The lowest BCUT2D eigenvalue weighted by atomic mass is 9.92. The molecule has 0 saturated carbocycles. The van der Waals surface area contributed by atoms with Gasteiger partial charge < -0.3 is 10.5 Å². The summed E-state index contributed by atoms with van der Waals surface area (Å²) in [5, 5.41) is 0. The molecular weight excluding hydrogens is 210 g/mol. The molecule has 0 fully saturated rings. The van der Waals surface area contributed by atoms with E-state index < -0.39 is 0 Å². The van der Waals surface area contributed by atoms with Gasteiger partial charge in [-0.05, 0) is 54.9 Å². The van der Waals surface area contributed by atoms with Crippen molar-refractivity contribution in [3.8, 4) is 5.75 Å². The van der Waals surface area contributed by atoms with E-state index in [2.05, 4.69) is 32.0 Å². The SMILES string of the molecule is CC(C)C(CN)Oc1ccc2c(c1)CCCC2. The van der Waals surface area contributed by atoms with Crippen LogP contribution in [0.3, 0.4) is 0 Å². The van der Waals surface area contributed by atoms with Crippen LogP contribution < -0.4 is 10.5 Å². The van der Waals surface area contributed by atoms with Gasteiger partial charge in [-0.3, -0.25) is 0 Å². The van der Waals surface area contributed by atoms with Crippen molar-refractivity contribution in [2.75, 3.05) is 6.54 Å². The highest BCUT2D eigenvalue weighted by atomic mass is 16.5. The van der Waals surface area contributed by atoms with Crippen LogP contribution in [0.25, 0.3) is 0 Å². The Morgan fingerprint density at radius 3 is 2.53 bits per heavy atom. The van der Waals surface area contributed by atoms with Gasteiger partial charge in [0.1, 0.15) is 11.9 Å². The Balaban J connectivity index is 2.11. The number of hydrogen-bond donors (Lipinski definition) is 1. The number of fused-ring (bicyclic) bond motifs is 1. The van der Waals surface area contributed by atoms with Crippen LogP contribution in [0.15, 0.2) is 18.2 Å². The summed E-state index contributed by atoms with van der Waals surface area (Å²) >= 11 is 0. The third-order valence-electron chi connectivity index (χ3n) is 3.58. The maximum atomic E-state index is 5.97. The first-order valence-electron chi connectivity index (χ1n) is 6.69. The Morgan fingerprint density at radius 2 is 1.88 bits per heavy atom. The summed E-state index contributed by atoms with van der Waals surface area (Å²) in [6, 6.07) is 6.52. The summed E-state index contributed by atoms with van der Waals surface area (Å²) in [4.78, 5) is 0. The standard InChI is InChI=1S/C15H23NO/c1-11(2)15(10-16)17-14-8-7-12-5-3-4-6-13(12)9-14/h7-9,11,15H,3-6,10,16H2,1-2H3. The molecule has 0 bridgehead atoms. The lowest BCUT2D eigenvalue weighted by molar-refractivity contribution is 0.159. The first-order chi connectivity index (χ1) is 8.20. The van der Waals surface area contributed by atoms with Gasteiger partial charge in [0.25, 0.3) is 0 Å². The molecule has 0 spiro atoms. The van der Waals surface area contributed by atoms with Gasteiger partial charge in [0, 0.05) is 6.54 Å². The fourth-order valence-electron chi connectivity index (χ4n) is 2.41. The summed E-state index contributed by atoms with van der Waals surface area (Å²) in [7, 11) is 0. The zero-order valence-electron chi connectivity index (χ0n) is 10.9. The van der Waals surface area contributed by atoms with Crippen molar-refractivity contribution in [2.24, 2.45) is 11.7 Å². The zero-order chi connectivity index (χ0) is 12.3. The van der Waals surface area contributed by atoms with Crippen LogP contribution in [0.5, 0.6) is 5.75 Å². The van der Waals surface area contributed by atoms with Crippen LogP contribution in [0.4, 0.5) is 0 Å². The second-order valence-electron chi connectivity index (χ2n) is 5.27. The Bertz CT molecular complexity index is 373. The van der Waals surface area contributed by atoms with E-state index in [0.717, 1.165) is 5.75 Å². The van der Waals surface area contributed by atoms with E-state index >= 15 is 0 Å². The molecule has 1 aromatic carbocycles. The van der Waals surface area contributed by atoms with Crippen molar-refractivity contribution in [3.05, 3.63) is 29.3 Å². The van der Waals surface area contributed by atoms with Gasteiger partial charge in [-0.2, -0.15) is 0 Å². The van der Waals surface area contributed by atoms with E-state index in [0.29, 0.717) is 12.5 Å². The molecule has 0 amide bonds. The first-order valence-corrected chi connectivity index (χ1v) is 6.69. The molecule has 0 heterocycles. The highest BCUT2D eigenvalue weighted by molar-refractivity contribution is 5.37. The molecule has 1 aliphatic carbocycles. The number of nitrogens with two attached hydrogens (primary N) is 1. The predicted molar refractivity (Wildman–Crippen MR) is 71.4 cm³/mol. The topological polar surface area (TPSA) is 35.2 Å². The Labute approximate surface area is 104 Å². The van der Waals surface area contributed by atoms with E-state index in [4.69, 9.17) is 10.5 Å². The first kappa shape index (κ1) is 12.4. The second-order valence-corrected chi connectivity index (χ2v) is 5.27. The highest BCUT2D eigenvalue weighted by Gasteiger charge is 2.15. The lowest BCUT2D eigenvalue weighted by Crippen LogP contribution is -2.31. The van der Waals surface area contributed by atoms with Crippen LogP contribution in [-0.4, -0.2) is 12.6 Å². The molecule has 2 nitrogen and oxygen atoms in total. The minimum Gasteiger partial charge on any atom is -0.489 e. The molecule has 94 valence electrons. The zero-order valence-corrected chi connectivity index (χ0v) is 10.9. The summed E-state index contributed by atoms with van der Waals surface area (Å²) in [5.41, 5.74) is 8.70. The molecule has 0 aromatic heterocycles. The largest absolute Gasteiger partial charge is 0.489 e. The third kappa shape index (κ3) is 3.01. The monoisotopic (exact) mass is 233 g/mol. The molecule has 1 aliphatic rings. The van der Waals surface area contributed by atoms with Gasteiger partial charge in [-0.25, -0.2) is 0 Å². The Kier molecular flexibility index (Phi) is 4.06. The smallest absolute Gasteiger partial charge is 0.120 e. The summed E-state index contributed by atoms with van der Waals surface area (Å²) in [6.45, 7) is 4.88. The number of hydrogen-bond acceptors (Lipinski definition) is 2. The molecule has 1 atom stereocenters. The normalized spacial score (nSPS) is 16.7. The number of rotatable bonds is 4. The van der Waals surface area contributed by atoms with Crippen LogP contribution >= 0.6 is 0 Å². The van der Waals surface area contributed by atoms with Gasteiger partial charge in [-0.1, -0.05) is 19.9 Å². The summed E-state index contributed by atoms with van der Waals surface area (Å²) in [5.74, 6) is 1.44. The molecule has 1 unspecified atom stereocenters. The number of benzene rings is 1. The van der Waals surface area contributed by atoms with Crippen molar-refractivity contribution in [2.45, 2.75) is 45.6 Å². The van der Waals surface area contributed by atoms with E-state index in [9.17, 15) is 0 Å². The Morgan fingerprint density at radius 1 is 1.18 bits per heavy atom. The molecule has 0 saturated heterocycles. The summed E-state index contributed by atoms with van der Waals surface area (Å²) in [6.07, 6.45) is 5.17. The van der Waals surface area contributed by atoms with Gasteiger partial charge in [0.2, 0.25) is 0 Å². The van der Waals surface area contributed by atoms with Crippen LogP contribution in [-0.2, 0) is 12.8 Å². The molecule has 2 rings (SSSR count). The van der Waals surface area contributed by atoms with Crippen molar-refractivity contribution in [1.82, 2.24) is 0 Å². The maximum absolute atomic E-state index is 5.97. The molecular formula is C15H23NO. The van der Waals surface area contributed by atoms with Crippen molar-refractivity contribution >= 4 is 0 Å². The second kappa shape index (κ2) is 5.54. The maximum Gasteiger partial charge on any atom is 0.120 e. The van der Waals surface area contributed by atoms with E-state index in [1.54, 1.807) is 0 Å². The average molecular weight is 233 g/mol. The van der Waals surface area contributed by atoms with E-state index in [1.807, 2.05) is 0 Å². The van der Waals surface area contributed by atoms with Gasteiger partial charge in [0.05, 0.1) is 0 Å². The van der Waals surface area contributed by atoms with Crippen LogP contribution in [0.1, 0.15) is 37.8 Å². The van der Waals surface area contributed by atoms with Gasteiger partial charge in [0.15, 0.2) is 0 Å². The minimum atomic E-state index is 0.122. The molecule has 2 N–H and O–H groups in total. The van der Waals surface area contributed by atoms with Gasteiger partial charge in [-0.15, -0.1) is 0 Å². The van der Waals surface area contributed by atoms with Crippen molar-refractivity contribution in [3.63, 3.8) is 0 Å². The van der Waals surface area contributed by atoms with E-state index in [-0.39, 0.29) is 6.10 Å². The van der Waals surface area contributed by atoms with Crippen molar-refractivity contribution < 1.29 is 4.74 Å². The van der Waals surface area contributed by atoms with Gasteiger partial charge >= 0.3 is 0 Å².